The number of carbonyl (C=O) groups is 4. The second-order valence-electron chi connectivity index (χ2n) is 10.5. The number of nitrogens with two attached hydrogens (primary N) is 1. The number of phenolic OH excluding ortho intramolecular Hbond substituents is 1. The summed E-state index contributed by atoms with van der Waals surface area (Å²) in [5.41, 5.74) is 6.19. The third-order valence-electron chi connectivity index (χ3n) is 5.77. The van der Waals surface area contributed by atoms with Gasteiger partial charge in [0.05, 0.1) is 17.1 Å². The minimum atomic E-state index is -1.44. The third kappa shape index (κ3) is 8.35. The lowest BCUT2D eigenvalue weighted by atomic mass is 9.97. The van der Waals surface area contributed by atoms with Gasteiger partial charge in [0.1, 0.15) is 23.4 Å². The van der Waals surface area contributed by atoms with Crippen LogP contribution in [0.1, 0.15) is 63.8 Å². The number of aryl methyl sites for hydroxylation is 2. The first kappa shape index (κ1) is 31.4. The Kier molecular flexibility index (Phi) is 10.3. The summed E-state index contributed by atoms with van der Waals surface area (Å²) in [6, 6.07) is 6.50. The predicted octanol–water partition coefficient (Wildman–Crippen LogP) is 4.35. The molecule has 2 rings (SSSR count). The van der Waals surface area contributed by atoms with Crippen molar-refractivity contribution in [2.45, 2.75) is 78.6 Å². The van der Waals surface area contributed by atoms with Crippen LogP contribution in [0.2, 0.25) is 5.02 Å². The van der Waals surface area contributed by atoms with Gasteiger partial charge in [-0.3, -0.25) is 14.4 Å². The summed E-state index contributed by atoms with van der Waals surface area (Å²) in [6.45, 7) is 11.7. The maximum Gasteiger partial charge on any atom is 0.408 e. The molecule has 0 bridgehead atoms. The summed E-state index contributed by atoms with van der Waals surface area (Å²) in [4.78, 5) is 53.5. The normalized spacial score (nSPS) is 12.8. The lowest BCUT2D eigenvalue weighted by Gasteiger charge is -2.37. The summed E-state index contributed by atoms with van der Waals surface area (Å²) in [5, 5.41) is 16.4. The number of hydrogen-bond acceptors (Lipinski definition) is 6. The Morgan fingerprint density at radius 1 is 1.05 bits per heavy atom. The molecule has 2 atom stereocenters. The van der Waals surface area contributed by atoms with Gasteiger partial charge in [0, 0.05) is 11.6 Å². The van der Waals surface area contributed by atoms with Crippen LogP contribution in [0, 0.1) is 13.8 Å². The molecule has 0 spiro atoms. The van der Waals surface area contributed by atoms with E-state index < -0.39 is 54.0 Å². The molecule has 2 aromatic carbocycles. The second-order valence-corrected chi connectivity index (χ2v) is 11.0. The number of amides is 4. The van der Waals surface area contributed by atoms with Crippen LogP contribution in [-0.2, 0) is 19.1 Å². The number of alkyl carbamates (subject to hydrolysis) is 1. The van der Waals surface area contributed by atoms with Crippen LogP contribution in [0.4, 0.5) is 10.5 Å². The van der Waals surface area contributed by atoms with Crippen molar-refractivity contribution in [2.24, 2.45) is 5.73 Å². The van der Waals surface area contributed by atoms with Gasteiger partial charge in [0.15, 0.2) is 0 Å². The zero-order valence-electron chi connectivity index (χ0n) is 23.3. The zero-order valence-corrected chi connectivity index (χ0v) is 24.1. The fourth-order valence-electron chi connectivity index (χ4n) is 4.01. The lowest BCUT2D eigenvalue weighted by molar-refractivity contribution is -0.144. The Labute approximate surface area is 233 Å². The largest absolute Gasteiger partial charge is 0.507 e. The minimum Gasteiger partial charge on any atom is -0.507 e. The van der Waals surface area contributed by atoms with E-state index in [0.717, 1.165) is 0 Å². The zero-order chi connectivity index (χ0) is 29.7. The lowest BCUT2D eigenvalue weighted by Crippen LogP contribution is -2.55. The molecular formula is C28H37ClN4O6. The number of hydrogen-bond donors (Lipinski definition) is 4. The summed E-state index contributed by atoms with van der Waals surface area (Å²) < 4.78 is 5.27. The van der Waals surface area contributed by atoms with E-state index in [1.807, 2.05) is 0 Å². The molecule has 0 aromatic heterocycles. The summed E-state index contributed by atoms with van der Waals surface area (Å²) >= 11 is 6.35. The molecule has 0 heterocycles. The van der Waals surface area contributed by atoms with E-state index in [2.05, 4.69) is 10.6 Å². The molecule has 0 fully saturated rings. The Bertz CT molecular complexity index is 1220. The molecular weight excluding hydrogens is 524 g/mol. The van der Waals surface area contributed by atoms with E-state index >= 15 is 0 Å². The van der Waals surface area contributed by atoms with Gasteiger partial charge in [0.25, 0.3) is 5.91 Å². The van der Waals surface area contributed by atoms with E-state index in [9.17, 15) is 24.3 Å². The van der Waals surface area contributed by atoms with E-state index in [1.54, 1.807) is 78.8 Å². The first-order valence-corrected chi connectivity index (χ1v) is 12.9. The number of para-hydroxylation sites is 2. The first-order valence-electron chi connectivity index (χ1n) is 12.5. The second kappa shape index (κ2) is 12.8. The monoisotopic (exact) mass is 560 g/mol. The molecule has 0 aliphatic rings. The molecule has 5 N–H and O–H groups in total. The van der Waals surface area contributed by atoms with Gasteiger partial charge in [-0.25, -0.2) is 4.79 Å². The molecule has 0 radical (unpaired) electrons. The van der Waals surface area contributed by atoms with Crippen LogP contribution in [0.25, 0.3) is 0 Å². The average molecular weight is 561 g/mol. The van der Waals surface area contributed by atoms with Crippen molar-refractivity contribution >= 4 is 41.1 Å². The van der Waals surface area contributed by atoms with E-state index in [-0.39, 0.29) is 16.3 Å². The standard InChI is InChI=1S/C28H37ClN4O6/c1-15(2)33(26(37)20(14-21(30)34)31-27(38)39-28(5,6)7)23(18-12-8-11-17(4)24(18)35)25(36)32-22-16(3)10-9-13-19(22)29/h8-13,15,20,23,35H,14H2,1-7H3,(H2,30,34)(H,31,38)(H,32,36). The molecule has 39 heavy (non-hydrogen) atoms. The number of rotatable bonds is 9. The Hall–Kier alpha value is -3.79. The maximum atomic E-state index is 14.0. The number of nitrogens with one attached hydrogen (secondary N) is 2. The third-order valence-corrected chi connectivity index (χ3v) is 6.08. The van der Waals surface area contributed by atoms with Gasteiger partial charge >= 0.3 is 6.09 Å². The smallest absolute Gasteiger partial charge is 0.408 e. The molecule has 0 aliphatic carbocycles. The van der Waals surface area contributed by atoms with E-state index in [0.29, 0.717) is 16.8 Å². The molecule has 4 amide bonds. The summed E-state index contributed by atoms with van der Waals surface area (Å²) in [7, 11) is 0. The van der Waals surface area contributed by atoms with Crippen LogP contribution in [0.5, 0.6) is 5.75 Å². The number of ether oxygens (including phenoxy) is 1. The number of primary amides is 1. The molecule has 0 aliphatic heterocycles. The number of phenols is 1. The number of aromatic hydroxyl groups is 1. The van der Waals surface area contributed by atoms with Gasteiger partial charge in [-0.05, 0) is 65.7 Å². The van der Waals surface area contributed by atoms with Gasteiger partial charge in [-0.2, -0.15) is 0 Å². The average Bonchev–Trinajstić information content (AvgIpc) is 2.79. The van der Waals surface area contributed by atoms with Gasteiger partial charge in [-0.1, -0.05) is 41.9 Å². The Balaban J connectivity index is 2.63. The minimum absolute atomic E-state index is 0.148. The molecule has 212 valence electrons. The van der Waals surface area contributed by atoms with E-state index in [1.165, 1.54) is 11.0 Å². The van der Waals surface area contributed by atoms with Crippen LogP contribution in [-0.4, -0.2) is 51.5 Å². The molecule has 0 saturated carbocycles. The highest BCUT2D eigenvalue weighted by Crippen LogP contribution is 2.35. The van der Waals surface area contributed by atoms with Gasteiger partial charge in [-0.15, -0.1) is 0 Å². The van der Waals surface area contributed by atoms with Crippen molar-refractivity contribution in [3.63, 3.8) is 0 Å². The number of carbonyl (C=O) groups excluding carboxylic acids is 4. The SMILES string of the molecule is Cc1cccc(C(C(=O)Nc2c(C)cccc2Cl)N(C(=O)C(CC(N)=O)NC(=O)OC(C)(C)C)C(C)C)c1O. The van der Waals surface area contributed by atoms with Crippen molar-refractivity contribution in [3.05, 3.63) is 58.1 Å². The van der Waals surface area contributed by atoms with Crippen molar-refractivity contribution in [3.8, 4) is 5.75 Å². The molecule has 2 aromatic rings. The molecule has 10 nitrogen and oxygen atoms in total. The Morgan fingerprint density at radius 3 is 2.18 bits per heavy atom. The number of anilines is 1. The van der Waals surface area contributed by atoms with Crippen LogP contribution >= 0.6 is 11.6 Å². The number of benzene rings is 2. The van der Waals surface area contributed by atoms with Crippen LogP contribution < -0.4 is 16.4 Å². The van der Waals surface area contributed by atoms with E-state index in [4.69, 9.17) is 22.1 Å². The fraction of sp³-hybridized carbons (Fsp3) is 0.429. The first-order chi connectivity index (χ1) is 18.0. The fourth-order valence-corrected chi connectivity index (χ4v) is 4.28. The predicted molar refractivity (Wildman–Crippen MR) is 149 cm³/mol. The number of nitrogens with zero attached hydrogens (tertiary/aromatic N) is 1. The maximum absolute atomic E-state index is 14.0. The molecule has 11 heteroatoms. The quantitative estimate of drug-likeness (QED) is 0.358. The van der Waals surface area contributed by atoms with Crippen LogP contribution in [0.3, 0.4) is 0 Å². The topological polar surface area (TPSA) is 151 Å². The number of halogens is 1. The van der Waals surface area contributed by atoms with Gasteiger partial charge in [0.2, 0.25) is 11.8 Å². The molecule has 0 saturated heterocycles. The highest BCUT2D eigenvalue weighted by Gasteiger charge is 2.40. The highest BCUT2D eigenvalue weighted by molar-refractivity contribution is 6.34. The van der Waals surface area contributed by atoms with Crippen LogP contribution in [0.15, 0.2) is 36.4 Å². The van der Waals surface area contributed by atoms with Crippen molar-refractivity contribution in [1.82, 2.24) is 10.2 Å². The Morgan fingerprint density at radius 2 is 1.64 bits per heavy atom. The highest BCUT2D eigenvalue weighted by atomic mass is 35.5. The van der Waals surface area contributed by atoms with Crippen molar-refractivity contribution < 1.29 is 29.0 Å². The summed E-state index contributed by atoms with van der Waals surface area (Å²) in [6.07, 6.45) is -1.48. The van der Waals surface area contributed by atoms with Crippen molar-refractivity contribution in [1.29, 1.82) is 0 Å². The van der Waals surface area contributed by atoms with Gasteiger partial charge < -0.3 is 31.1 Å². The summed E-state index contributed by atoms with van der Waals surface area (Å²) in [5.74, 6) is -2.46. The van der Waals surface area contributed by atoms with Crippen molar-refractivity contribution in [2.75, 3.05) is 5.32 Å². The molecule has 2 unspecified atom stereocenters.